The number of carboxylic acid groups (broad SMARTS) is 1. The van der Waals surface area contributed by atoms with Crippen molar-refractivity contribution < 1.29 is 28.9 Å². The number of methoxy groups -OCH3 is 1. The maximum absolute atomic E-state index is 11.2. The zero-order valence-electron chi connectivity index (χ0n) is 17.1. The molecule has 9 nitrogen and oxygen atoms in total. The van der Waals surface area contributed by atoms with Gasteiger partial charge in [-0.1, -0.05) is 81.7 Å². The minimum atomic E-state index is -1.97. The number of esters is 1. The summed E-state index contributed by atoms with van der Waals surface area (Å²) in [6.45, 7) is -0.144. The van der Waals surface area contributed by atoms with E-state index in [0.717, 1.165) is 0 Å². The van der Waals surface area contributed by atoms with Crippen molar-refractivity contribution in [1.82, 2.24) is 15.0 Å². The lowest BCUT2D eigenvalue weighted by molar-refractivity contribution is -0.151. The Balaban J connectivity index is 2.15. The van der Waals surface area contributed by atoms with Crippen LogP contribution in [0.15, 0.2) is 18.2 Å². The number of nitrogens with zero attached hydrogens (tertiary/aromatic N) is 3. The van der Waals surface area contributed by atoms with E-state index < -0.39 is 25.9 Å². The third kappa shape index (κ3) is 9.13. The Bertz CT molecular complexity index is 1040. The first-order chi connectivity index (χ1) is 15.8. The summed E-state index contributed by atoms with van der Waals surface area (Å²) in [7, 11) is 1.44. The van der Waals surface area contributed by atoms with Crippen LogP contribution < -0.4 is 9.47 Å². The second-order valence-corrected chi connectivity index (χ2v) is 10.8. The summed E-state index contributed by atoms with van der Waals surface area (Å²) in [5, 5.41) is 8.53. The molecule has 0 aliphatic heterocycles. The van der Waals surface area contributed by atoms with Gasteiger partial charge in [0.15, 0.2) is 29.0 Å². The van der Waals surface area contributed by atoms with Crippen molar-refractivity contribution in [1.29, 1.82) is 0 Å². The van der Waals surface area contributed by atoms with Crippen molar-refractivity contribution in [2.45, 2.75) is 14.0 Å². The number of alkyl halides is 6. The fraction of sp³-hybridized carbons (Fsp3) is 0.316. The van der Waals surface area contributed by atoms with Crippen LogP contribution in [-0.4, -0.2) is 52.3 Å². The summed E-state index contributed by atoms with van der Waals surface area (Å²) >= 11 is 35.2. The molecule has 0 aliphatic rings. The number of ether oxygens (including phenoxy) is 3. The molecule has 0 fully saturated rings. The van der Waals surface area contributed by atoms with Gasteiger partial charge in [0.25, 0.3) is 0 Å². The molecule has 0 spiro atoms. The summed E-state index contributed by atoms with van der Waals surface area (Å²) in [6.07, 6.45) is 2.39. The molecule has 1 aromatic heterocycles. The minimum Gasteiger partial charge on any atom is -0.493 e. The van der Waals surface area contributed by atoms with E-state index in [1.54, 1.807) is 24.3 Å². The highest BCUT2D eigenvalue weighted by molar-refractivity contribution is 6.67. The molecule has 0 saturated heterocycles. The van der Waals surface area contributed by atoms with Crippen LogP contribution in [0.25, 0.3) is 12.2 Å². The molecule has 0 amide bonds. The van der Waals surface area contributed by atoms with Crippen molar-refractivity contribution in [3.05, 3.63) is 41.2 Å². The zero-order valence-corrected chi connectivity index (χ0v) is 21.6. The van der Waals surface area contributed by atoms with Crippen molar-refractivity contribution in [2.24, 2.45) is 0 Å². The van der Waals surface area contributed by atoms with Crippen molar-refractivity contribution in [2.75, 3.05) is 20.3 Å². The van der Waals surface area contributed by atoms with E-state index >= 15 is 0 Å². The standard InChI is InChI=1S/C19H15Cl6N3O6/c1-32-12-8-10(2-4-11(12)33-6-7-34-15(31)9-14(29)30)3-5-13-26-16(18(20,21)22)28-17(27-13)19(23,24)25/h2-5,8H,6-7,9H2,1H3,(H,29,30). The lowest BCUT2D eigenvalue weighted by Crippen LogP contribution is -2.16. The number of aromatic nitrogens is 3. The number of hydrogen-bond donors (Lipinski definition) is 1. The molecule has 15 heteroatoms. The van der Waals surface area contributed by atoms with Gasteiger partial charge >= 0.3 is 11.9 Å². The second kappa shape index (κ2) is 12.3. The Hall–Kier alpha value is -1.75. The van der Waals surface area contributed by atoms with Gasteiger partial charge in [0.05, 0.1) is 7.11 Å². The van der Waals surface area contributed by atoms with Gasteiger partial charge in [0.2, 0.25) is 7.59 Å². The van der Waals surface area contributed by atoms with Crippen LogP contribution in [-0.2, 0) is 21.9 Å². The van der Waals surface area contributed by atoms with Crippen molar-refractivity contribution in [3.63, 3.8) is 0 Å². The molecular formula is C19H15Cl6N3O6. The van der Waals surface area contributed by atoms with Crippen LogP contribution in [0.1, 0.15) is 29.5 Å². The van der Waals surface area contributed by atoms with E-state index in [9.17, 15) is 9.59 Å². The largest absolute Gasteiger partial charge is 0.493 e. The molecule has 0 atom stereocenters. The summed E-state index contributed by atoms with van der Waals surface area (Å²) in [5.74, 6) is -1.78. The number of benzene rings is 1. The Labute approximate surface area is 223 Å². The minimum absolute atomic E-state index is 0.0125. The van der Waals surface area contributed by atoms with Gasteiger partial charge in [-0.15, -0.1) is 0 Å². The fourth-order valence-corrected chi connectivity index (χ4v) is 2.79. The first-order valence-corrected chi connectivity index (χ1v) is 11.3. The van der Waals surface area contributed by atoms with Gasteiger partial charge in [0, 0.05) is 0 Å². The van der Waals surface area contributed by atoms with E-state index in [-0.39, 0.29) is 30.7 Å². The number of hydrogen-bond acceptors (Lipinski definition) is 8. The highest BCUT2D eigenvalue weighted by atomic mass is 35.6. The van der Waals surface area contributed by atoms with Gasteiger partial charge in [-0.05, 0) is 23.8 Å². The lowest BCUT2D eigenvalue weighted by atomic mass is 10.2. The number of aliphatic carboxylic acids is 1. The average Bonchev–Trinajstić information content (AvgIpc) is 2.73. The van der Waals surface area contributed by atoms with Crippen LogP contribution in [0, 0.1) is 0 Å². The van der Waals surface area contributed by atoms with Crippen LogP contribution in [0.2, 0.25) is 0 Å². The van der Waals surface area contributed by atoms with E-state index in [0.29, 0.717) is 17.1 Å². The molecule has 0 saturated carbocycles. The van der Waals surface area contributed by atoms with Gasteiger partial charge in [-0.3, -0.25) is 9.59 Å². The lowest BCUT2D eigenvalue weighted by Gasteiger charge is -2.14. The Morgan fingerprint density at radius 3 is 2.09 bits per heavy atom. The molecule has 2 aromatic rings. The SMILES string of the molecule is COc1cc(C=Cc2nc(C(Cl)(Cl)Cl)nc(C(Cl)(Cl)Cl)n2)ccc1OCCOC(=O)CC(=O)O. The quantitative estimate of drug-likeness (QED) is 0.183. The van der Waals surface area contributed by atoms with Crippen LogP contribution in [0.3, 0.4) is 0 Å². The van der Waals surface area contributed by atoms with Crippen LogP contribution >= 0.6 is 69.6 Å². The Kier molecular flexibility index (Phi) is 10.3. The highest BCUT2D eigenvalue weighted by Gasteiger charge is 2.33. The zero-order chi connectivity index (χ0) is 25.5. The van der Waals surface area contributed by atoms with Crippen molar-refractivity contribution in [3.8, 4) is 11.5 Å². The van der Waals surface area contributed by atoms with Crippen LogP contribution in [0.5, 0.6) is 11.5 Å². The van der Waals surface area contributed by atoms with Crippen LogP contribution in [0.4, 0.5) is 0 Å². The summed E-state index contributed by atoms with van der Waals surface area (Å²) in [6, 6.07) is 4.96. The third-order valence-corrected chi connectivity index (χ3v) is 4.69. The van der Waals surface area contributed by atoms with Gasteiger partial charge in [0.1, 0.15) is 19.6 Å². The van der Waals surface area contributed by atoms with E-state index in [1.165, 1.54) is 13.2 Å². The van der Waals surface area contributed by atoms with E-state index in [1.807, 2.05) is 0 Å². The second-order valence-electron chi connectivity index (χ2n) is 6.22. The topological polar surface area (TPSA) is 121 Å². The Morgan fingerprint density at radius 1 is 0.941 bits per heavy atom. The van der Waals surface area contributed by atoms with E-state index in [2.05, 4.69) is 15.0 Å². The average molecular weight is 594 g/mol. The molecule has 184 valence electrons. The maximum atomic E-state index is 11.2. The molecule has 1 N–H and O–H groups in total. The normalized spacial score (nSPS) is 12.0. The number of halogens is 6. The van der Waals surface area contributed by atoms with Gasteiger partial charge in [-0.25, -0.2) is 15.0 Å². The third-order valence-electron chi connectivity index (χ3n) is 3.67. The van der Waals surface area contributed by atoms with Crippen molar-refractivity contribution >= 4 is 93.7 Å². The monoisotopic (exact) mass is 591 g/mol. The smallest absolute Gasteiger partial charge is 0.317 e. The molecule has 0 radical (unpaired) electrons. The molecule has 0 unspecified atom stereocenters. The molecule has 0 aliphatic carbocycles. The fourth-order valence-electron chi connectivity index (χ4n) is 2.28. The van der Waals surface area contributed by atoms with Gasteiger partial charge in [-0.2, -0.15) is 0 Å². The molecule has 34 heavy (non-hydrogen) atoms. The predicted molar refractivity (Wildman–Crippen MR) is 129 cm³/mol. The first-order valence-electron chi connectivity index (χ1n) is 9.06. The van der Waals surface area contributed by atoms with Gasteiger partial charge < -0.3 is 19.3 Å². The Morgan fingerprint density at radius 2 is 1.56 bits per heavy atom. The number of carbonyl (C=O) groups excluding carboxylic acids is 1. The molecule has 2 rings (SSSR count). The number of carbonyl (C=O) groups is 2. The molecule has 1 aromatic carbocycles. The summed E-state index contributed by atoms with van der Waals surface area (Å²) in [5.41, 5.74) is 0.656. The molecular weight excluding hydrogens is 579 g/mol. The predicted octanol–water partition coefficient (Wildman–Crippen LogP) is 5.10. The van der Waals surface area contributed by atoms with E-state index in [4.69, 9.17) is 88.9 Å². The molecule has 0 bridgehead atoms. The first kappa shape index (κ1) is 28.5. The highest BCUT2D eigenvalue weighted by Crippen LogP contribution is 2.40. The number of rotatable bonds is 9. The number of carboxylic acids is 1. The molecule has 1 heterocycles. The summed E-state index contributed by atoms with van der Waals surface area (Å²) in [4.78, 5) is 33.7. The summed E-state index contributed by atoms with van der Waals surface area (Å²) < 4.78 is 11.6. The maximum Gasteiger partial charge on any atom is 0.317 e.